The molecule has 4 nitrogen and oxygen atoms in total. The van der Waals surface area contributed by atoms with E-state index >= 15 is 0 Å². The van der Waals surface area contributed by atoms with Crippen molar-refractivity contribution in [1.82, 2.24) is 15.3 Å². The average molecular weight is 347 g/mol. The quantitative estimate of drug-likeness (QED) is 0.923. The summed E-state index contributed by atoms with van der Waals surface area (Å²) in [7, 11) is 0. The molecule has 0 radical (unpaired) electrons. The molecular weight excluding hydrogens is 328 g/mol. The van der Waals surface area contributed by atoms with Crippen LogP contribution in [0.2, 0.25) is 0 Å². The van der Waals surface area contributed by atoms with Gasteiger partial charge >= 0.3 is 0 Å². The predicted octanol–water partition coefficient (Wildman–Crippen LogP) is 3.00. The van der Waals surface area contributed by atoms with Crippen molar-refractivity contribution >= 4 is 21.9 Å². The largest absolute Gasteiger partial charge is 0.341 e. The molecule has 1 aromatic heterocycles. The molecule has 0 saturated carbocycles. The maximum atomic E-state index is 4.32. The van der Waals surface area contributed by atoms with Gasteiger partial charge in [-0.3, -0.25) is 0 Å². The second-order valence-corrected chi connectivity index (χ2v) is 6.24. The van der Waals surface area contributed by atoms with Crippen LogP contribution in [0.3, 0.4) is 0 Å². The molecule has 1 aliphatic rings. The molecule has 0 atom stereocenters. The van der Waals surface area contributed by atoms with E-state index in [-0.39, 0.29) is 0 Å². The van der Waals surface area contributed by atoms with Crippen molar-refractivity contribution in [3.05, 3.63) is 52.8 Å². The van der Waals surface area contributed by atoms with Gasteiger partial charge in [-0.1, -0.05) is 28.1 Å². The van der Waals surface area contributed by atoms with Crippen molar-refractivity contribution in [2.45, 2.75) is 25.4 Å². The van der Waals surface area contributed by atoms with Crippen molar-refractivity contribution in [1.29, 1.82) is 0 Å². The van der Waals surface area contributed by atoms with Crippen LogP contribution in [0, 0.1) is 0 Å². The molecular formula is C16H19BrN4. The van der Waals surface area contributed by atoms with Crippen molar-refractivity contribution in [3.63, 3.8) is 0 Å². The molecule has 1 saturated heterocycles. The molecule has 21 heavy (non-hydrogen) atoms. The number of halogens is 1. The topological polar surface area (TPSA) is 41.0 Å². The van der Waals surface area contributed by atoms with E-state index in [2.05, 4.69) is 60.4 Å². The lowest BCUT2D eigenvalue weighted by Gasteiger charge is -2.32. The Balaban J connectivity index is 1.48. The fourth-order valence-corrected chi connectivity index (χ4v) is 3.09. The average Bonchev–Trinajstić information content (AvgIpc) is 2.54. The summed E-state index contributed by atoms with van der Waals surface area (Å²) >= 11 is 3.51. The molecule has 0 spiro atoms. The highest BCUT2D eigenvalue weighted by atomic mass is 79.9. The Hall–Kier alpha value is -1.46. The predicted molar refractivity (Wildman–Crippen MR) is 88.2 cm³/mol. The molecule has 1 aliphatic heterocycles. The summed E-state index contributed by atoms with van der Waals surface area (Å²) in [4.78, 5) is 10.9. The zero-order valence-electron chi connectivity index (χ0n) is 11.9. The number of anilines is 1. The zero-order chi connectivity index (χ0) is 14.5. The highest BCUT2D eigenvalue weighted by molar-refractivity contribution is 9.10. The van der Waals surface area contributed by atoms with Gasteiger partial charge in [0.25, 0.3) is 0 Å². The van der Waals surface area contributed by atoms with Crippen LogP contribution in [0.4, 0.5) is 5.95 Å². The van der Waals surface area contributed by atoms with E-state index in [1.807, 2.05) is 6.07 Å². The van der Waals surface area contributed by atoms with E-state index in [0.717, 1.165) is 42.9 Å². The molecule has 0 aliphatic carbocycles. The van der Waals surface area contributed by atoms with Crippen LogP contribution in [0.5, 0.6) is 0 Å². The Bertz CT molecular complexity index is 567. The van der Waals surface area contributed by atoms with E-state index in [9.17, 15) is 0 Å². The Morgan fingerprint density at radius 1 is 1.14 bits per heavy atom. The summed E-state index contributed by atoms with van der Waals surface area (Å²) < 4.78 is 1.14. The lowest BCUT2D eigenvalue weighted by molar-refractivity contribution is 0.411. The Labute approximate surface area is 133 Å². The second-order valence-electron chi connectivity index (χ2n) is 5.32. The number of piperidine rings is 1. The molecule has 0 unspecified atom stereocenters. The molecule has 2 heterocycles. The van der Waals surface area contributed by atoms with Gasteiger partial charge in [-0.15, -0.1) is 0 Å². The summed E-state index contributed by atoms with van der Waals surface area (Å²) in [6.07, 6.45) is 5.87. The number of aromatic nitrogens is 2. The van der Waals surface area contributed by atoms with Crippen molar-refractivity contribution < 1.29 is 0 Å². The minimum absolute atomic E-state index is 0.573. The Morgan fingerprint density at radius 2 is 1.90 bits per heavy atom. The first kappa shape index (κ1) is 14.5. The normalized spacial score (nSPS) is 16.1. The smallest absolute Gasteiger partial charge is 0.225 e. The summed E-state index contributed by atoms with van der Waals surface area (Å²) in [6.45, 7) is 2.95. The van der Waals surface area contributed by atoms with E-state index in [1.54, 1.807) is 12.4 Å². The highest BCUT2D eigenvalue weighted by Gasteiger charge is 2.20. The van der Waals surface area contributed by atoms with Crippen LogP contribution >= 0.6 is 15.9 Å². The molecule has 2 aromatic rings. The van der Waals surface area contributed by atoms with Gasteiger partial charge in [0.1, 0.15) is 0 Å². The van der Waals surface area contributed by atoms with Gasteiger partial charge in [0.05, 0.1) is 0 Å². The van der Waals surface area contributed by atoms with Crippen LogP contribution in [0.1, 0.15) is 18.4 Å². The van der Waals surface area contributed by atoms with Crippen LogP contribution in [0.25, 0.3) is 0 Å². The van der Waals surface area contributed by atoms with E-state index < -0.39 is 0 Å². The number of hydrogen-bond donors (Lipinski definition) is 1. The first-order valence-corrected chi connectivity index (χ1v) is 8.10. The number of rotatable bonds is 4. The first-order valence-electron chi connectivity index (χ1n) is 7.31. The first-order chi connectivity index (χ1) is 10.3. The maximum absolute atomic E-state index is 4.32. The van der Waals surface area contributed by atoms with E-state index in [0.29, 0.717) is 6.04 Å². The fraction of sp³-hybridized carbons (Fsp3) is 0.375. The third kappa shape index (κ3) is 4.02. The monoisotopic (exact) mass is 346 g/mol. The minimum atomic E-state index is 0.573. The van der Waals surface area contributed by atoms with Crippen LogP contribution < -0.4 is 10.2 Å². The van der Waals surface area contributed by atoms with Crippen LogP contribution in [0.15, 0.2) is 47.2 Å². The lowest BCUT2D eigenvalue weighted by Crippen LogP contribution is -2.42. The SMILES string of the molecule is Brc1cccc(CNC2CCN(c3ncccn3)CC2)c1. The van der Waals surface area contributed by atoms with Crippen molar-refractivity contribution in [2.75, 3.05) is 18.0 Å². The van der Waals surface area contributed by atoms with Gasteiger partial charge in [0.2, 0.25) is 5.95 Å². The third-order valence-electron chi connectivity index (χ3n) is 3.81. The molecule has 1 fully saturated rings. The van der Waals surface area contributed by atoms with Crippen LogP contribution in [-0.2, 0) is 6.54 Å². The summed E-state index contributed by atoms with van der Waals surface area (Å²) in [5.41, 5.74) is 1.32. The van der Waals surface area contributed by atoms with Crippen molar-refractivity contribution in [3.8, 4) is 0 Å². The van der Waals surface area contributed by atoms with Gasteiger partial charge in [-0.2, -0.15) is 0 Å². The van der Waals surface area contributed by atoms with Gasteiger partial charge in [-0.25, -0.2) is 9.97 Å². The maximum Gasteiger partial charge on any atom is 0.225 e. The Kier molecular flexibility index (Phi) is 4.83. The molecule has 0 bridgehead atoms. The van der Waals surface area contributed by atoms with Gasteiger partial charge in [0, 0.05) is 42.5 Å². The van der Waals surface area contributed by atoms with Gasteiger partial charge in [-0.05, 0) is 36.6 Å². The minimum Gasteiger partial charge on any atom is -0.341 e. The lowest BCUT2D eigenvalue weighted by atomic mass is 10.0. The second kappa shape index (κ2) is 7.00. The summed E-state index contributed by atoms with van der Waals surface area (Å²) in [5.74, 6) is 0.850. The summed E-state index contributed by atoms with van der Waals surface area (Å²) in [5, 5.41) is 3.65. The number of nitrogens with zero attached hydrogens (tertiary/aromatic N) is 3. The van der Waals surface area contributed by atoms with Crippen molar-refractivity contribution in [2.24, 2.45) is 0 Å². The number of nitrogens with one attached hydrogen (secondary N) is 1. The van der Waals surface area contributed by atoms with E-state index in [4.69, 9.17) is 0 Å². The molecule has 0 amide bonds. The van der Waals surface area contributed by atoms with Gasteiger partial charge < -0.3 is 10.2 Å². The molecule has 1 N–H and O–H groups in total. The molecule has 110 valence electrons. The van der Waals surface area contributed by atoms with E-state index in [1.165, 1.54) is 5.56 Å². The fourth-order valence-electron chi connectivity index (χ4n) is 2.65. The Morgan fingerprint density at radius 3 is 2.62 bits per heavy atom. The number of benzene rings is 1. The summed E-state index contributed by atoms with van der Waals surface area (Å²) in [6, 6.07) is 10.9. The van der Waals surface area contributed by atoms with Gasteiger partial charge in [0.15, 0.2) is 0 Å². The molecule has 3 rings (SSSR count). The number of hydrogen-bond acceptors (Lipinski definition) is 4. The third-order valence-corrected chi connectivity index (χ3v) is 4.31. The molecule has 5 heteroatoms. The standard InChI is InChI=1S/C16H19BrN4/c17-14-4-1-3-13(11-14)12-20-15-5-9-21(10-6-15)16-18-7-2-8-19-16/h1-4,7-8,11,15,20H,5-6,9-10,12H2. The molecule has 1 aromatic carbocycles. The van der Waals surface area contributed by atoms with Crippen LogP contribution in [-0.4, -0.2) is 29.1 Å². The zero-order valence-corrected chi connectivity index (χ0v) is 13.5. The highest BCUT2D eigenvalue weighted by Crippen LogP contribution is 2.16.